The first-order chi connectivity index (χ1) is 15.1. The molecular weight excluding hydrogens is 388 g/mol. The summed E-state index contributed by atoms with van der Waals surface area (Å²) in [7, 11) is 0. The number of ether oxygens (including phenoxy) is 1. The molecule has 4 rings (SSSR count). The maximum absolute atomic E-state index is 12.4. The van der Waals surface area contributed by atoms with E-state index in [1.807, 2.05) is 60.1 Å². The second-order valence-electron chi connectivity index (χ2n) is 8.46. The average Bonchev–Trinajstić information content (AvgIpc) is 3.21. The van der Waals surface area contributed by atoms with E-state index in [1.54, 1.807) is 0 Å². The van der Waals surface area contributed by atoms with Crippen LogP contribution in [0.5, 0.6) is 5.75 Å². The number of pyridine rings is 1. The van der Waals surface area contributed by atoms with Gasteiger partial charge in [0.25, 0.3) is 5.91 Å². The van der Waals surface area contributed by atoms with Gasteiger partial charge in [-0.2, -0.15) is 0 Å². The number of aryl methyl sites for hydroxylation is 1. The number of carbonyl (C=O) groups is 1. The third-order valence-electron chi connectivity index (χ3n) is 6.08. The minimum Gasteiger partial charge on any atom is -0.487 e. The van der Waals surface area contributed by atoms with Crippen molar-refractivity contribution in [3.8, 4) is 5.75 Å². The van der Waals surface area contributed by atoms with Gasteiger partial charge in [-0.15, -0.1) is 0 Å². The van der Waals surface area contributed by atoms with Crippen molar-refractivity contribution in [3.05, 3.63) is 65.6 Å². The molecule has 1 fully saturated rings. The molecule has 1 unspecified atom stereocenters. The van der Waals surface area contributed by atoms with Crippen LogP contribution < -0.4 is 10.1 Å². The van der Waals surface area contributed by atoms with E-state index in [9.17, 15) is 4.79 Å². The van der Waals surface area contributed by atoms with E-state index in [0.717, 1.165) is 35.6 Å². The maximum Gasteiger partial charge on any atom is 0.251 e. The van der Waals surface area contributed by atoms with Gasteiger partial charge in [-0.3, -0.25) is 4.79 Å². The van der Waals surface area contributed by atoms with Crippen LogP contribution in [0.2, 0.25) is 0 Å². The van der Waals surface area contributed by atoms with Crippen LogP contribution in [0.25, 0.3) is 5.65 Å². The maximum atomic E-state index is 12.4. The van der Waals surface area contributed by atoms with E-state index in [4.69, 9.17) is 4.74 Å². The molecule has 0 bridgehead atoms. The van der Waals surface area contributed by atoms with Gasteiger partial charge < -0.3 is 19.4 Å². The molecule has 2 aromatic heterocycles. The Labute approximate surface area is 184 Å². The molecule has 1 amide bonds. The highest BCUT2D eigenvalue weighted by Gasteiger charge is 2.17. The number of piperidine rings is 1. The third-order valence-corrected chi connectivity index (χ3v) is 6.08. The van der Waals surface area contributed by atoms with Crippen LogP contribution in [0.15, 0.2) is 48.8 Å². The fourth-order valence-electron chi connectivity index (χ4n) is 4.21. The summed E-state index contributed by atoms with van der Waals surface area (Å²) in [6, 6.07) is 12.0. The van der Waals surface area contributed by atoms with E-state index in [-0.39, 0.29) is 5.91 Å². The SMILES string of the molecule is Cc1cccn2cc(COc3ccc(C(=O)NCCCN4CCCCC4C)cc3)nc12. The number of nitrogens with zero attached hydrogens (tertiary/aromatic N) is 3. The molecule has 3 heterocycles. The molecule has 3 aromatic rings. The van der Waals surface area contributed by atoms with E-state index in [1.165, 1.54) is 25.8 Å². The molecule has 0 radical (unpaired) electrons. The van der Waals surface area contributed by atoms with E-state index >= 15 is 0 Å². The summed E-state index contributed by atoms with van der Waals surface area (Å²) in [5, 5.41) is 3.03. The second-order valence-corrected chi connectivity index (χ2v) is 8.46. The smallest absolute Gasteiger partial charge is 0.251 e. The molecule has 1 aromatic carbocycles. The van der Waals surface area contributed by atoms with Crippen LogP contribution >= 0.6 is 0 Å². The average molecular weight is 421 g/mol. The molecule has 1 aliphatic heterocycles. The van der Waals surface area contributed by atoms with E-state index in [2.05, 4.69) is 22.1 Å². The van der Waals surface area contributed by atoms with Crippen LogP contribution in [-0.4, -0.2) is 45.9 Å². The predicted molar refractivity (Wildman–Crippen MR) is 123 cm³/mol. The molecule has 1 aliphatic rings. The standard InChI is InChI=1S/C25H32N4O2/c1-19-7-5-15-29-17-22(27-24(19)29)18-31-23-11-9-21(10-12-23)25(30)26-13-6-16-28-14-4-3-8-20(28)2/h5,7,9-12,15,17,20H,3-4,6,8,13-14,16,18H2,1-2H3,(H,26,30). The number of benzene rings is 1. The van der Waals surface area contributed by atoms with Crippen molar-refractivity contribution in [1.29, 1.82) is 0 Å². The van der Waals surface area contributed by atoms with Gasteiger partial charge in [0.15, 0.2) is 0 Å². The lowest BCUT2D eigenvalue weighted by atomic mass is 10.0. The summed E-state index contributed by atoms with van der Waals surface area (Å²) in [6.07, 6.45) is 8.87. The van der Waals surface area contributed by atoms with Gasteiger partial charge in [0.05, 0.1) is 5.69 Å². The molecule has 0 saturated carbocycles. The number of imidazole rings is 1. The Bertz CT molecular complexity index is 1010. The Kier molecular flexibility index (Phi) is 6.87. The number of hydrogen-bond donors (Lipinski definition) is 1. The van der Waals surface area contributed by atoms with Crippen LogP contribution in [0, 0.1) is 6.92 Å². The van der Waals surface area contributed by atoms with Crippen LogP contribution in [0.4, 0.5) is 0 Å². The lowest BCUT2D eigenvalue weighted by Crippen LogP contribution is -2.39. The molecule has 164 valence electrons. The number of amides is 1. The Morgan fingerprint density at radius 2 is 2.06 bits per heavy atom. The third kappa shape index (κ3) is 5.44. The lowest BCUT2D eigenvalue weighted by molar-refractivity contribution is 0.0949. The molecular formula is C25H32N4O2. The zero-order chi connectivity index (χ0) is 21.6. The van der Waals surface area contributed by atoms with Gasteiger partial charge in [0, 0.05) is 37.1 Å². The first-order valence-electron chi connectivity index (χ1n) is 11.3. The Balaban J connectivity index is 1.22. The van der Waals surface area contributed by atoms with Crippen molar-refractivity contribution >= 4 is 11.6 Å². The normalized spacial score (nSPS) is 17.0. The quantitative estimate of drug-likeness (QED) is 0.555. The number of fused-ring (bicyclic) bond motifs is 1. The van der Waals surface area contributed by atoms with Crippen molar-refractivity contribution in [2.45, 2.75) is 52.2 Å². The van der Waals surface area contributed by atoms with Crippen LogP contribution in [-0.2, 0) is 6.61 Å². The summed E-state index contributed by atoms with van der Waals surface area (Å²) in [5.41, 5.74) is 3.61. The number of rotatable bonds is 8. The molecule has 0 aliphatic carbocycles. The summed E-state index contributed by atoms with van der Waals surface area (Å²) >= 11 is 0. The largest absolute Gasteiger partial charge is 0.487 e. The molecule has 6 nitrogen and oxygen atoms in total. The van der Waals surface area contributed by atoms with Crippen LogP contribution in [0.1, 0.15) is 54.2 Å². The van der Waals surface area contributed by atoms with Gasteiger partial charge in [-0.05, 0) is 75.5 Å². The highest BCUT2D eigenvalue weighted by molar-refractivity contribution is 5.94. The molecule has 0 spiro atoms. The summed E-state index contributed by atoms with van der Waals surface area (Å²) < 4.78 is 7.87. The number of nitrogens with one attached hydrogen (secondary N) is 1. The minimum absolute atomic E-state index is 0.0333. The summed E-state index contributed by atoms with van der Waals surface area (Å²) in [4.78, 5) is 19.6. The second kappa shape index (κ2) is 9.96. The van der Waals surface area contributed by atoms with E-state index < -0.39 is 0 Å². The van der Waals surface area contributed by atoms with Crippen molar-refractivity contribution in [2.75, 3.05) is 19.6 Å². The summed E-state index contributed by atoms with van der Waals surface area (Å²) in [6.45, 7) is 7.68. The first-order valence-corrected chi connectivity index (χ1v) is 11.3. The molecule has 1 saturated heterocycles. The van der Waals surface area contributed by atoms with Gasteiger partial charge >= 0.3 is 0 Å². The highest BCUT2D eigenvalue weighted by atomic mass is 16.5. The van der Waals surface area contributed by atoms with Gasteiger partial charge in [0.2, 0.25) is 0 Å². The number of hydrogen-bond acceptors (Lipinski definition) is 4. The first kappa shape index (κ1) is 21.4. The van der Waals surface area contributed by atoms with Gasteiger partial charge in [-0.1, -0.05) is 12.5 Å². The Morgan fingerprint density at radius 3 is 2.84 bits per heavy atom. The number of likely N-dealkylation sites (tertiary alicyclic amines) is 1. The Hall–Kier alpha value is -2.86. The summed E-state index contributed by atoms with van der Waals surface area (Å²) in [5.74, 6) is 0.693. The lowest BCUT2D eigenvalue weighted by Gasteiger charge is -2.33. The number of carbonyl (C=O) groups excluding carboxylic acids is 1. The van der Waals surface area contributed by atoms with Crippen molar-refractivity contribution in [3.63, 3.8) is 0 Å². The minimum atomic E-state index is -0.0333. The van der Waals surface area contributed by atoms with Crippen molar-refractivity contribution < 1.29 is 9.53 Å². The van der Waals surface area contributed by atoms with E-state index in [0.29, 0.717) is 24.8 Å². The fourth-order valence-corrected chi connectivity index (χ4v) is 4.21. The molecule has 1 N–H and O–H groups in total. The predicted octanol–water partition coefficient (Wildman–Crippen LogP) is 4.22. The monoisotopic (exact) mass is 420 g/mol. The molecule has 31 heavy (non-hydrogen) atoms. The number of aromatic nitrogens is 2. The fraction of sp³-hybridized carbons (Fsp3) is 0.440. The Morgan fingerprint density at radius 1 is 1.23 bits per heavy atom. The van der Waals surface area contributed by atoms with Crippen molar-refractivity contribution in [2.24, 2.45) is 0 Å². The van der Waals surface area contributed by atoms with Gasteiger partial charge in [0.1, 0.15) is 18.0 Å². The van der Waals surface area contributed by atoms with Crippen LogP contribution in [0.3, 0.4) is 0 Å². The topological polar surface area (TPSA) is 58.9 Å². The van der Waals surface area contributed by atoms with Gasteiger partial charge in [-0.25, -0.2) is 4.98 Å². The molecule has 1 atom stereocenters. The molecule has 6 heteroatoms. The zero-order valence-corrected chi connectivity index (χ0v) is 18.5. The zero-order valence-electron chi connectivity index (χ0n) is 18.5. The highest BCUT2D eigenvalue weighted by Crippen LogP contribution is 2.17. The van der Waals surface area contributed by atoms with Crippen molar-refractivity contribution in [1.82, 2.24) is 19.6 Å².